The van der Waals surface area contributed by atoms with E-state index < -0.39 is 11.7 Å². The molecule has 0 aliphatic heterocycles. The lowest BCUT2D eigenvalue weighted by Crippen LogP contribution is -2.13. The Kier molecular flexibility index (Phi) is 7.53. The summed E-state index contributed by atoms with van der Waals surface area (Å²) in [6, 6.07) is 18.7. The number of aryl methyl sites for hydroxylation is 1. The molecule has 0 bridgehead atoms. The Morgan fingerprint density at radius 2 is 1.72 bits per heavy atom. The molecule has 0 saturated carbocycles. The van der Waals surface area contributed by atoms with Crippen molar-refractivity contribution < 1.29 is 31.9 Å². The Balaban J connectivity index is 1.36. The molecule has 0 saturated heterocycles. The highest BCUT2D eigenvalue weighted by molar-refractivity contribution is 5.92. The highest BCUT2D eigenvalue weighted by Crippen LogP contribution is 2.32. The van der Waals surface area contributed by atoms with Crippen LogP contribution in [0.25, 0.3) is 11.5 Å². The summed E-state index contributed by atoms with van der Waals surface area (Å²) < 4.78 is 55.6. The first kappa shape index (κ1) is 24.8. The van der Waals surface area contributed by atoms with Crippen LogP contribution in [0.4, 0.5) is 18.9 Å². The number of halogens is 3. The van der Waals surface area contributed by atoms with E-state index in [1.54, 1.807) is 48.5 Å². The summed E-state index contributed by atoms with van der Waals surface area (Å²) in [5, 5.41) is 10.4. The first-order valence-electron chi connectivity index (χ1n) is 11.1. The van der Waals surface area contributed by atoms with Crippen LogP contribution in [0, 0.1) is 0 Å². The van der Waals surface area contributed by atoms with Crippen LogP contribution < -0.4 is 14.8 Å². The number of hydrogen-bond donors (Lipinski definition) is 1. The van der Waals surface area contributed by atoms with E-state index in [0.29, 0.717) is 23.8 Å². The zero-order valence-electron chi connectivity index (χ0n) is 19.2. The van der Waals surface area contributed by atoms with Crippen molar-refractivity contribution in [2.24, 2.45) is 0 Å². The summed E-state index contributed by atoms with van der Waals surface area (Å²) >= 11 is 0. The topological polar surface area (TPSA) is 86.5 Å². The van der Waals surface area contributed by atoms with Crippen LogP contribution in [-0.2, 0) is 17.4 Å². The summed E-state index contributed by atoms with van der Waals surface area (Å²) in [7, 11) is 0. The van der Waals surface area contributed by atoms with Crippen molar-refractivity contribution in [2.45, 2.75) is 25.9 Å². The van der Waals surface area contributed by atoms with Gasteiger partial charge in [0.1, 0.15) is 11.5 Å². The molecule has 10 heteroatoms. The standard InChI is InChI=1S/C26H22F3N3O4/c1-2-34-19-10-12-20(13-11-19)35-22-9-4-3-8-21(22)30-23(33)14-15-24-31-32-25(36-24)17-6-5-7-18(16-17)26(27,28)29/h3-13,16H,2,14-15H2,1H3,(H,30,33). The number of alkyl halides is 3. The van der Waals surface area contributed by atoms with Crippen LogP contribution in [0.2, 0.25) is 0 Å². The minimum absolute atomic E-state index is 0.0155. The molecule has 1 aromatic heterocycles. The molecular formula is C26H22F3N3O4. The van der Waals surface area contributed by atoms with Crippen molar-refractivity contribution in [3.05, 3.63) is 84.3 Å². The number of nitrogens with zero attached hydrogens (tertiary/aromatic N) is 2. The number of rotatable bonds is 9. The lowest BCUT2D eigenvalue weighted by molar-refractivity contribution is -0.137. The van der Waals surface area contributed by atoms with Gasteiger partial charge in [-0.15, -0.1) is 10.2 Å². The molecule has 3 aromatic carbocycles. The number of para-hydroxylation sites is 2. The number of benzene rings is 3. The number of hydrogen-bond acceptors (Lipinski definition) is 6. The Bertz CT molecular complexity index is 1320. The average Bonchev–Trinajstić information content (AvgIpc) is 3.34. The van der Waals surface area contributed by atoms with Gasteiger partial charge in [-0.05, 0) is 61.5 Å². The minimum atomic E-state index is -4.48. The van der Waals surface area contributed by atoms with Crippen LogP contribution in [-0.4, -0.2) is 22.7 Å². The predicted octanol–water partition coefficient (Wildman–Crippen LogP) is 6.52. The smallest absolute Gasteiger partial charge is 0.416 e. The highest BCUT2D eigenvalue weighted by Gasteiger charge is 2.30. The molecule has 0 aliphatic carbocycles. The fourth-order valence-electron chi connectivity index (χ4n) is 3.29. The maximum atomic E-state index is 12.9. The lowest BCUT2D eigenvalue weighted by atomic mass is 10.1. The zero-order chi connectivity index (χ0) is 25.5. The van der Waals surface area contributed by atoms with Crippen LogP contribution in [0.3, 0.4) is 0 Å². The molecule has 0 aliphatic rings. The van der Waals surface area contributed by atoms with Gasteiger partial charge in [-0.1, -0.05) is 18.2 Å². The van der Waals surface area contributed by atoms with E-state index >= 15 is 0 Å². The van der Waals surface area contributed by atoms with Crippen molar-refractivity contribution in [3.8, 4) is 28.7 Å². The third kappa shape index (κ3) is 6.41. The fourth-order valence-corrected chi connectivity index (χ4v) is 3.29. The molecule has 36 heavy (non-hydrogen) atoms. The predicted molar refractivity (Wildman–Crippen MR) is 126 cm³/mol. The number of carbonyl (C=O) groups is 1. The number of carbonyl (C=O) groups excluding carboxylic acids is 1. The van der Waals surface area contributed by atoms with E-state index in [9.17, 15) is 18.0 Å². The molecule has 1 N–H and O–H groups in total. The van der Waals surface area contributed by atoms with Gasteiger partial charge in [-0.3, -0.25) is 4.79 Å². The summed E-state index contributed by atoms with van der Waals surface area (Å²) in [6.07, 6.45) is -4.36. The SMILES string of the molecule is CCOc1ccc(Oc2ccccc2NC(=O)CCc2nnc(-c3cccc(C(F)(F)F)c3)o2)cc1. The normalized spacial score (nSPS) is 11.2. The molecule has 4 aromatic rings. The summed E-state index contributed by atoms with van der Waals surface area (Å²) in [5.74, 6) is 1.52. The number of nitrogens with one attached hydrogen (secondary N) is 1. The lowest BCUT2D eigenvalue weighted by Gasteiger charge is -2.12. The molecule has 1 amide bonds. The first-order chi connectivity index (χ1) is 17.3. The average molecular weight is 497 g/mol. The molecule has 1 heterocycles. The Hall–Kier alpha value is -4.34. The summed E-state index contributed by atoms with van der Waals surface area (Å²) in [6.45, 7) is 2.46. The zero-order valence-corrected chi connectivity index (χ0v) is 19.2. The van der Waals surface area contributed by atoms with Crippen molar-refractivity contribution >= 4 is 11.6 Å². The van der Waals surface area contributed by atoms with Crippen LogP contribution in [0.15, 0.2) is 77.2 Å². The molecule has 0 atom stereocenters. The van der Waals surface area contributed by atoms with Crippen LogP contribution in [0.1, 0.15) is 24.8 Å². The molecule has 186 valence electrons. The number of amides is 1. The van der Waals surface area contributed by atoms with Gasteiger partial charge in [0.25, 0.3) is 0 Å². The van der Waals surface area contributed by atoms with Gasteiger partial charge in [-0.25, -0.2) is 0 Å². The fraction of sp³-hybridized carbons (Fsp3) is 0.192. The second kappa shape index (κ2) is 10.9. The maximum absolute atomic E-state index is 12.9. The molecule has 0 spiro atoms. The van der Waals surface area contributed by atoms with E-state index in [2.05, 4.69) is 15.5 Å². The van der Waals surface area contributed by atoms with Crippen molar-refractivity contribution in [3.63, 3.8) is 0 Å². The second-order valence-corrected chi connectivity index (χ2v) is 7.63. The van der Waals surface area contributed by atoms with Gasteiger partial charge in [-0.2, -0.15) is 13.2 Å². The van der Waals surface area contributed by atoms with E-state index in [1.807, 2.05) is 6.92 Å². The van der Waals surface area contributed by atoms with E-state index in [-0.39, 0.29) is 36.1 Å². The van der Waals surface area contributed by atoms with Gasteiger partial charge in [0, 0.05) is 18.4 Å². The quantitative estimate of drug-likeness (QED) is 0.283. The van der Waals surface area contributed by atoms with E-state index in [0.717, 1.165) is 17.9 Å². The monoisotopic (exact) mass is 497 g/mol. The Morgan fingerprint density at radius 3 is 2.47 bits per heavy atom. The third-order valence-electron chi connectivity index (χ3n) is 4.99. The van der Waals surface area contributed by atoms with Gasteiger partial charge < -0.3 is 19.2 Å². The van der Waals surface area contributed by atoms with Gasteiger partial charge in [0.05, 0.1) is 17.9 Å². The molecular weight excluding hydrogens is 475 g/mol. The molecule has 0 fully saturated rings. The summed E-state index contributed by atoms with van der Waals surface area (Å²) in [4.78, 5) is 12.5. The third-order valence-corrected chi connectivity index (χ3v) is 4.99. The highest BCUT2D eigenvalue weighted by atomic mass is 19.4. The second-order valence-electron chi connectivity index (χ2n) is 7.63. The van der Waals surface area contributed by atoms with E-state index in [1.165, 1.54) is 12.1 Å². The van der Waals surface area contributed by atoms with Gasteiger partial charge >= 0.3 is 6.18 Å². The minimum Gasteiger partial charge on any atom is -0.494 e. The Labute approximate surface area is 204 Å². The first-order valence-corrected chi connectivity index (χ1v) is 11.1. The number of anilines is 1. The number of aromatic nitrogens is 2. The molecule has 7 nitrogen and oxygen atoms in total. The van der Waals surface area contributed by atoms with E-state index in [4.69, 9.17) is 13.9 Å². The molecule has 4 rings (SSSR count). The molecule has 0 unspecified atom stereocenters. The largest absolute Gasteiger partial charge is 0.494 e. The van der Waals surface area contributed by atoms with Crippen LogP contribution in [0.5, 0.6) is 17.2 Å². The number of ether oxygens (including phenoxy) is 2. The van der Waals surface area contributed by atoms with Crippen molar-refractivity contribution in [2.75, 3.05) is 11.9 Å². The van der Waals surface area contributed by atoms with Crippen LogP contribution >= 0.6 is 0 Å². The van der Waals surface area contributed by atoms with Crippen molar-refractivity contribution in [1.82, 2.24) is 10.2 Å². The maximum Gasteiger partial charge on any atom is 0.416 e. The molecule has 0 radical (unpaired) electrons. The van der Waals surface area contributed by atoms with Gasteiger partial charge in [0.15, 0.2) is 5.75 Å². The van der Waals surface area contributed by atoms with Gasteiger partial charge in [0.2, 0.25) is 17.7 Å². The summed E-state index contributed by atoms with van der Waals surface area (Å²) in [5.41, 5.74) is -0.190. The van der Waals surface area contributed by atoms with Crippen molar-refractivity contribution in [1.29, 1.82) is 0 Å². The Morgan fingerprint density at radius 1 is 0.972 bits per heavy atom.